The smallest absolute Gasteiger partial charge is 0.244 e. The van der Waals surface area contributed by atoms with Gasteiger partial charge in [0, 0.05) is 30.9 Å². The molecular formula is C19H21FN4O. The summed E-state index contributed by atoms with van der Waals surface area (Å²) in [5.74, 6) is 0.802. The maximum absolute atomic E-state index is 13.5. The lowest BCUT2D eigenvalue weighted by molar-refractivity contribution is -0.116. The number of hydrogen-bond acceptors (Lipinski definition) is 4. The second kappa shape index (κ2) is 8.37. The molecule has 0 aliphatic carbocycles. The van der Waals surface area contributed by atoms with E-state index in [0.29, 0.717) is 11.4 Å². The van der Waals surface area contributed by atoms with Gasteiger partial charge >= 0.3 is 0 Å². The van der Waals surface area contributed by atoms with Gasteiger partial charge in [-0.15, -0.1) is 0 Å². The molecule has 0 unspecified atom stereocenters. The fourth-order valence-electron chi connectivity index (χ4n) is 2.77. The summed E-state index contributed by atoms with van der Waals surface area (Å²) in [5, 5.41) is 2.73. The molecule has 5 nitrogen and oxygen atoms in total. The Morgan fingerprint density at radius 2 is 2.00 bits per heavy atom. The average molecular weight is 340 g/mol. The number of benzene rings is 1. The van der Waals surface area contributed by atoms with Gasteiger partial charge in [0.25, 0.3) is 0 Å². The molecule has 1 aromatic carbocycles. The van der Waals surface area contributed by atoms with Gasteiger partial charge in [-0.2, -0.15) is 0 Å². The van der Waals surface area contributed by atoms with Crippen LogP contribution in [0.25, 0.3) is 6.08 Å². The second-order valence-corrected chi connectivity index (χ2v) is 5.95. The number of rotatable bonds is 5. The number of nitrogens with zero attached hydrogens (tertiary/aromatic N) is 3. The predicted octanol–water partition coefficient (Wildman–Crippen LogP) is 2.94. The van der Waals surface area contributed by atoms with Crippen molar-refractivity contribution < 1.29 is 9.18 Å². The molecule has 6 heteroatoms. The lowest BCUT2D eigenvalue weighted by Gasteiger charge is -2.27. The molecule has 1 N–H and O–H groups in total. The number of nitrogens with one attached hydrogen (secondary N) is 1. The molecule has 0 atom stereocenters. The fourth-order valence-corrected chi connectivity index (χ4v) is 2.77. The van der Waals surface area contributed by atoms with E-state index < -0.39 is 0 Å². The third-order valence-corrected chi connectivity index (χ3v) is 4.11. The van der Waals surface area contributed by atoms with E-state index in [9.17, 15) is 9.18 Å². The first-order valence-electron chi connectivity index (χ1n) is 8.50. The molecule has 0 spiro atoms. The van der Waals surface area contributed by atoms with Gasteiger partial charge in [0.15, 0.2) is 0 Å². The van der Waals surface area contributed by atoms with Crippen molar-refractivity contribution in [1.82, 2.24) is 15.3 Å². The maximum atomic E-state index is 13.5. The second-order valence-electron chi connectivity index (χ2n) is 5.95. The zero-order valence-electron chi connectivity index (χ0n) is 14.0. The molecule has 1 aromatic heterocycles. The summed E-state index contributed by atoms with van der Waals surface area (Å²) < 4.78 is 13.5. The van der Waals surface area contributed by atoms with Crippen LogP contribution < -0.4 is 10.2 Å². The number of carbonyl (C=O) groups is 1. The Hall–Kier alpha value is -2.76. The first-order chi connectivity index (χ1) is 12.2. The van der Waals surface area contributed by atoms with Gasteiger partial charge in [-0.05, 0) is 37.5 Å². The van der Waals surface area contributed by atoms with Crippen molar-refractivity contribution in [1.29, 1.82) is 0 Å². The minimum absolute atomic E-state index is 0.238. The summed E-state index contributed by atoms with van der Waals surface area (Å²) in [7, 11) is 0. The Balaban J connectivity index is 1.56. The summed E-state index contributed by atoms with van der Waals surface area (Å²) in [6, 6.07) is 8.20. The van der Waals surface area contributed by atoms with E-state index in [1.54, 1.807) is 24.4 Å². The van der Waals surface area contributed by atoms with Crippen LogP contribution in [0.2, 0.25) is 0 Å². The van der Waals surface area contributed by atoms with E-state index in [2.05, 4.69) is 20.2 Å². The lowest BCUT2D eigenvalue weighted by atomic mass is 10.1. The summed E-state index contributed by atoms with van der Waals surface area (Å²) in [4.78, 5) is 22.9. The number of hydrogen-bond donors (Lipinski definition) is 1. The molecule has 1 amide bonds. The monoisotopic (exact) mass is 340 g/mol. The van der Waals surface area contributed by atoms with Crippen molar-refractivity contribution in [3.63, 3.8) is 0 Å². The highest BCUT2D eigenvalue weighted by Gasteiger charge is 2.12. The maximum Gasteiger partial charge on any atom is 0.244 e. The number of anilines is 1. The first-order valence-corrected chi connectivity index (χ1v) is 8.50. The topological polar surface area (TPSA) is 58.1 Å². The molecule has 1 aliphatic heterocycles. The first kappa shape index (κ1) is 17.1. The summed E-state index contributed by atoms with van der Waals surface area (Å²) in [5.41, 5.74) is 0.376. The Morgan fingerprint density at radius 3 is 2.80 bits per heavy atom. The van der Waals surface area contributed by atoms with E-state index in [4.69, 9.17) is 0 Å². The van der Waals surface area contributed by atoms with Crippen LogP contribution in [0.3, 0.4) is 0 Å². The van der Waals surface area contributed by atoms with Crippen LogP contribution in [0.5, 0.6) is 0 Å². The largest absolute Gasteiger partial charge is 0.357 e. The highest BCUT2D eigenvalue weighted by molar-refractivity contribution is 5.91. The van der Waals surface area contributed by atoms with Crippen molar-refractivity contribution in [2.75, 3.05) is 18.0 Å². The van der Waals surface area contributed by atoms with Crippen LogP contribution in [0.15, 0.2) is 42.6 Å². The Labute approximate surface area is 146 Å². The molecule has 1 saturated heterocycles. The SMILES string of the molecule is O=C(/C=C/c1ccccc1F)NCc1nccc(N2CCCCC2)n1. The molecule has 0 saturated carbocycles. The number of halogens is 1. The standard InChI is InChI=1S/C19H21FN4O/c20-16-7-3-2-6-15(16)8-9-19(25)22-14-17-21-11-10-18(23-17)24-12-4-1-5-13-24/h2-3,6-11H,1,4-5,12-14H2,(H,22,25)/b9-8+. The molecule has 2 heterocycles. The predicted molar refractivity (Wildman–Crippen MR) is 95.4 cm³/mol. The van der Waals surface area contributed by atoms with E-state index in [1.807, 2.05) is 6.07 Å². The summed E-state index contributed by atoms with van der Waals surface area (Å²) in [6.45, 7) is 2.25. The summed E-state index contributed by atoms with van der Waals surface area (Å²) in [6.07, 6.45) is 8.10. The van der Waals surface area contributed by atoms with Crippen molar-refractivity contribution in [2.45, 2.75) is 25.8 Å². The number of aromatic nitrogens is 2. The quantitative estimate of drug-likeness (QED) is 0.850. The molecule has 1 aliphatic rings. The Kier molecular flexibility index (Phi) is 5.72. The van der Waals surface area contributed by atoms with Crippen LogP contribution in [0, 0.1) is 5.82 Å². The zero-order valence-corrected chi connectivity index (χ0v) is 14.0. The number of amides is 1. The van der Waals surface area contributed by atoms with Crippen molar-refractivity contribution in [3.8, 4) is 0 Å². The van der Waals surface area contributed by atoms with Crippen LogP contribution in [-0.4, -0.2) is 29.0 Å². The van der Waals surface area contributed by atoms with Gasteiger partial charge in [0.1, 0.15) is 17.5 Å². The minimum Gasteiger partial charge on any atom is -0.357 e. The molecule has 0 bridgehead atoms. The van der Waals surface area contributed by atoms with Gasteiger partial charge in [0.2, 0.25) is 5.91 Å². The molecule has 2 aromatic rings. The zero-order chi connectivity index (χ0) is 17.5. The third kappa shape index (κ3) is 4.86. The summed E-state index contributed by atoms with van der Waals surface area (Å²) >= 11 is 0. The normalized spacial score (nSPS) is 14.7. The van der Waals surface area contributed by atoms with Crippen LogP contribution in [0.1, 0.15) is 30.7 Å². The van der Waals surface area contributed by atoms with E-state index in [-0.39, 0.29) is 18.3 Å². The third-order valence-electron chi connectivity index (χ3n) is 4.11. The molecule has 3 rings (SSSR count). The van der Waals surface area contributed by atoms with Gasteiger partial charge in [-0.25, -0.2) is 14.4 Å². The van der Waals surface area contributed by atoms with Crippen molar-refractivity contribution in [3.05, 3.63) is 59.8 Å². The van der Waals surface area contributed by atoms with Gasteiger partial charge in [-0.3, -0.25) is 4.79 Å². The van der Waals surface area contributed by atoms with Crippen molar-refractivity contribution >= 4 is 17.8 Å². The van der Waals surface area contributed by atoms with Crippen LogP contribution >= 0.6 is 0 Å². The van der Waals surface area contributed by atoms with Crippen LogP contribution in [-0.2, 0) is 11.3 Å². The Morgan fingerprint density at radius 1 is 1.20 bits per heavy atom. The van der Waals surface area contributed by atoms with E-state index >= 15 is 0 Å². The highest BCUT2D eigenvalue weighted by atomic mass is 19.1. The van der Waals surface area contributed by atoms with Crippen LogP contribution in [0.4, 0.5) is 10.2 Å². The highest BCUT2D eigenvalue weighted by Crippen LogP contribution is 2.16. The number of carbonyl (C=O) groups excluding carboxylic acids is 1. The van der Waals surface area contributed by atoms with E-state index in [1.165, 1.54) is 37.5 Å². The minimum atomic E-state index is -0.357. The van der Waals surface area contributed by atoms with Gasteiger partial charge in [-0.1, -0.05) is 18.2 Å². The average Bonchev–Trinajstić information content (AvgIpc) is 2.67. The lowest BCUT2D eigenvalue weighted by Crippen LogP contribution is -2.30. The van der Waals surface area contributed by atoms with Crippen molar-refractivity contribution in [2.24, 2.45) is 0 Å². The van der Waals surface area contributed by atoms with Gasteiger partial charge < -0.3 is 10.2 Å². The Bertz CT molecular complexity index is 757. The fraction of sp³-hybridized carbons (Fsp3) is 0.316. The van der Waals surface area contributed by atoms with E-state index in [0.717, 1.165) is 18.9 Å². The molecule has 25 heavy (non-hydrogen) atoms. The van der Waals surface area contributed by atoms with Gasteiger partial charge in [0.05, 0.1) is 6.54 Å². The number of piperidine rings is 1. The molecule has 130 valence electrons. The molecule has 0 radical (unpaired) electrons. The molecule has 1 fully saturated rings. The molecular weight excluding hydrogens is 319 g/mol.